The van der Waals surface area contributed by atoms with Crippen LogP contribution in [0.25, 0.3) is 0 Å². The molecule has 0 rings (SSSR count). The number of carbonyl (C=O) groups excluding carboxylic acids is 1. The highest BCUT2D eigenvalue weighted by molar-refractivity contribution is 5.92. The van der Waals surface area contributed by atoms with Gasteiger partial charge in [0, 0.05) is 18.2 Å². The first kappa shape index (κ1) is 15.7. The fourth-order valence-corrected chi connectivity index (χ4v) is 1.45. The van der Waals surface area contributed by atoms with Crippen molar-refractivity contribution >= 4 is 5.91 Å². The lowest BCUT2D eigenvalue weighted by Gasteiger charge is -2.20. The van der Waals surface area contributed by atoms with E-state index in [2.05, 4.69) is 30.2 Å². The van der Waals surface area contributed by atoms with Crippen molar-refractivity contribution in [3.8, 4) is 6.07 Å². The first-order valence-electron chi connectivity index (χ1n) is 6.10. The molecule has 17 heavy (non-hydrogen) atoms. The Morgan fingerprint density at radius 2 is 2.18 bits per heavy atom. The van der Waals surface area contributed by atoms with Crippen molar-refractivity contribution in [1.82, 2.24) is 10.6 Å². The normalized spacial score (nSPS) is 13.5. The fraction of sp³-hybridized carbons (Fsp3) is 0.692. The van der Waals surface area contributed by atoms with Crippen LogP contribution in [0.1, 0.15) is 40.0 Å². The predicted molar refractivity (Wildman–Crippen MR) is 69.3 cm³/mol. The van der Waals surface area contributed by atoms with Crippen molar-refractivity contribution in [2.24, 2.45) is 0 Å². The second-order valence-electron chi connectivity index (χ2n) is 4.35. The Morgan fingerprint density at radius 3 is 2.65 bits per heavy atom. The standard InChI is InChI=1S/C13H23N3O/c1-5-6-7-12(16-11(4)8-14)9-15-13(17)10(2)3/h11-12,16H,2,5-7,9H2,1,3-4H3,(H,15,17). The molecule has 96 valence electrons. The number of amides is 1. The highest BCUT2D eigenvalue weighted by atomic mass is 16.1. The zero-order chi connectivity index (χ0) is 13.3. The highest BCUT2D eigenvalue weighted by Gasteiger charge is 2.12. The van der Waals surface area contributed by atoms with E-state index in [1.165, 1.54) is 0 Å². The van der Waals surface area contributed by atoms with Crippen LogP contribution in [0.15, 0.2) is 12.2 Å². The van der Waals surface area contributed by atoms with Gasteiger partial charge in [-0.2, -0.15) is 5.26 Å². The average molecular weight is 237 g/mol. The van der Waals surface area contributed by atoms with Gasteiger partial charge in [0.15, 0.2) is 0 Å². The molecule has 4 heteroatoms. The number of hydrogen-bond donors (Lipinski definition) is 2. The Hall–Kier alpha value is -1.34. The largest absolute Gasteiger partial charge is 0.351 e. The Balaban J connectivity index is 4.14. The van der Waals surface area contributed by atoms with E-state index >= 15 is 0 Å². The summed E-state index contributed by atoms with van der Waals surface area (Å²) in [7, 11) is 0. The molecule has 0 radical (unpaired) electrons. The molecule has 0 aliphatic heterocycles. The third kappa shape index (κ3) is 7.53. The van der Waals surface area contributed by atoms with Crippen LogP contribution >= 0.6 is 0 Å². The lowest BCUT2D eigenvalue weighted by Crippen LogP contribution is -2.44. The Kier molecular flexibility index (Phi) is 8.08. The van der Waals surface area contributed by atoms with Crippen LogP contribution in [0.5, 0.6) is 0 Å². The van der Waals surface area contributed by atoms with Crippen LogP contribution in [0.2, 0.25) is 0 Å². The average Bonchev–Trinajstić information content (AvgIpc) is 2.31. The van der Waals surface area contributed by atoms with Gasteiger partial charge in [0.05, 0.1) is 12.1 Å². The molecular formula is C13H23N3O. The third-order valence-electron chi connectivity index (χ3n) is 2.48. The van der Waals surface area contributed by atoms with Gasteiger partial charge in [-0.15, -0.1) is 0 Å². The minimum atomic E-state index is -0.196. The third-order valence-corrected chi connectivity index (χ3v) is 2.48. The van der Waals surface area contributed by atoms with E-state index in [1.54, 1.807) is 6.92 Å². The van der Waals surface area contributed by atoms with Gasteiger partial charge in [-0.3, -0.25) is 10.1 Å². The van der Waals surface area contributed by atoms with Gasteiger partial charge in [0.2, 0.25) is 5.91 Å². The summed E-state index contributed by atoms with van der Waals surface area (Å²) in [6.07, 6.45) is 3.14. The summed E-state index contributed by atoms with van der Waals surface area (Å²) in [4.78, 5) is 11.4. The zero-order valence-electron chi connectivity index (χ0n) is 11.0. The lowest BCUT2D eigenvalue weighted by atomic mass is 10.1. The maximum absolute atomic E-state index is 11.4. The van der Waals surface area contributed by atoms with Crippen LogP contribution in [0.4, 0.5) is 0 Å². The number of unbranched alkanes of at least 4 members (excludes halogenated alkanes) is 1. The maximum atomic E-state index is 11.4. The van der Waals surface area contributed by atoms with E-state index < -0.39 is 0 Å². The quantitative estimate of drug-likeness (QED) is 0.632. The SMILES string of the molecule is C=C(C)C(=O)NCC(CCCC)NC(C)C#N. The summed E-state index contributed by atoms with van der Waals surface area (Å²) < 4.78 is 0. The van der Waals surface area contributed by atoms with Gasteiger partial charge in [0.25, 0.3) is 0 Å². The lowest BCUT2D eigenvalue weighted by molar-refractivity contribution is -0.117. The summed E-state index contributed by atoms with van der Waals surface area (Å²) in [5.41, 5.74) is 0.507. The van der Waals surface area contributed by atoms with E-state index in [0.29, 0.717) is 12.1 Å². The van der Waals surface area contributed by atoms with Gasteiger partial charge >= 0.3 is 0 Å². The molecule has 0 aliphatic carbocycles. The van der Waals surface area contributed by atoms with Crippen LogP contribution in [-0.4, -0.2) is 24.5 Å². The maximum Gasteiger partial charge on any atom is 0.246 e. The molecule has 0 spiro atoms. The van der Waals surface area contributed by atoms with Crippen LogP contribution < -0.4 is 10.6 Å². The molecule has 0 aromatic rings. The van der Waals surface area contributed by atoms with Gasteiger partial charge in [-0.05, 0) is 20.3 Å². The minimum absolute atomic E-state index is 0.127. The van der Waals surface area contributed by atoms with Crippen molar-refractivity contribution in [2.45, 2.75) is 52.1 Å². The molecule has 2 atom stereocenters. The van der Waals surface area contributed by atoms with Crippen molar-refractivity contribution in [3.63, 3.8) is 0 Å². The van der Waals surface area contributed by atoms with E-state index in [9.17, 15) is 4.79 Å². The van der Waals surface area contributed by atoms with Crippen molar-refractivity contribution < 1.29 is 4.79 Å². The number of nitrogens with zero attached hydrogens (tertiary/aromatic N) is 1. The summed E-state index contributed by atoms with van der Waals surface area (Å²) in [6.45, 7) is 9.75. The Bertz CT molecular complexity index is 294. The van der Waals surface area contributed by atoms with Crippen LogP contribution in [-0.2, 0) is 4.79 Å². The number of rotatable bonds is 8. The molecule has 0 saturated heterocycles. The van der Waals surface area contributed by atoms with Crippen LogP contribution in [0.3, 0.4) is 0 Å². The molecular weight excluding hydrogens is 214 g/mol. The summed E-state index contributed by atoms with van der Waals surface area (Å²) in [5.74, 6) is -0.127. The molecule has 0 aromatic heterocycles. The predicted octanol–water partition coefficient (Wildman–Crippen LogP) is 1.74. The van der Waals surface area contributed by atoms with Gasteiger partial charge in [-0.1, -0.05) is 26.3 Å². The number of nitrogens with one attached hydrogen (secondary N) is 2. The van der Waals surface area contributed by atoms with Gasteiger partial charge in [0.1, 0.15) is 0 Å². The summed E-state index contributed by atoms with van der Waals surface area (Å²) >= 11 is 0. The molecule has 1 amide bonds. The van der Waals surface area contributed by atoms with Crippen molar-refractivity contribution in [1.29, 1.82) is 5.26 Å². The molecule has 0 aromatic carbocycles. The second-order valence-corrected chi connectivity index (χ2v) is 4.35. The topological polar surface area (TPSA) is 64.9 Å². The van der Waals surface area contributed by atoms with Crippen molar-refractivity contribution in [3.05, 3.63) is 12.2 Å². The molecule has 0 saturated carbocycles. The monoisotopic (exact) mass is 237 g/mol. The van der Waals surface area contributed by atoms with E-state index in [0.717, 1.165) is 19.3 Å². The first-order chi connectivity index (χ1) is 8.01. The summed E-state index contributed by atoms with van der Waals surface area (Å²) in [5, 5.41) is 14.8. The minimum Gasteiger partial charge on any atom is -0.351 e. The number of hydrogen-bond acceptors (Lipinski definition) is 3. The smallest absolute Gasteiger partial charge is 0.246 e. The number of carbonyl (C=O) groups is 1. The second kappa shape index (κ2) is 8.77. The van der Waals surface area contributed by atoms with E-state index in [1.807, 2.05) is 6.92 Å². The molecule has 2 unspecified atom stereocenters. The first-order valence-corrected chi connectivity index (χ1v) is 6.10. The fourth-order valence-electron chi connectivity index (χ4n) is 1.45. The molecule has 0 fully saturated rings. The Morgan fingerprint density at radius 1 is 1.53 bits per heavy atom. The molecule has 2 N–H and O–H groups in total. The van der Waals surface area contributed by atoms with Gasteiger partial charge < -0.3 is 5.32 Å². The number of nitriles is 1. The Labute approximate surface area is 104 Å². The van der Waals surface area contributed by atoms with Gasteiger partial charge in [-0.25, -0.2) is 0 Å². The van der Waals surface area contributed by atoms with Crippen LogP contribution in [0, 0.1) is 11.3 Å². The molecule has 0 bridgehead atoms. The summed E-state index contributed by atoms with van der Waals surface area (Å²) in [6, 6.07) is 2.09. The molecule has 4 nitrogen and oxygen atoms in total. The van der Waals surface area contributed by atoms with E-state index in [-0.39, 0.29) is 18.0 Å². The molecule has 0 aliphatic rings. The highest BCUT2D eigenvalue weighted by Crippen LogP contribution is 2.01. The van der Waals surface area contributed by atoms with E-state index in [4.69, 9.17) is 5.26 Å². The van der Waals surface area contributed by atoms with Crippen molar-refractivity contribution in [2.75, 3.05) is 6.54 Å². The zero-order valence-corrected chi connectivity index (χ0v) is 11.0. The molecule has 0 heterocycles.